The van der Waals surface area contributed by atoms with Crippen molar-refractivity contribution in [2.45, 2.75) is 88.6 Å². The zero-order chi connectivity index (χ0) is 27.2. The molecule has 38 heavy (non-hydrogen) atoms. The second-order valence-electron chi connectivity index (χ2n) is 10.5. The molecule has 3 N–H and O–H groups in total. The number of hydrogen-bond acceptors (Lipinski definition) is 6. The van der Waals surface area contributed by atoms with Crippen molar-refractivity contribution in [3.05, 3.63) is 35.3 Å². The molecule has 2 unspecified atom stereocenters. The molecule has 1 aromatic carbocycles. The monoisotopic (exact) mass is 531 g/mol. The Morgan fingerprint density at radius 3 is 2.39 bits per heavy atom. The Bertz CT molecular complexity index is 1240. The summed E-state index contributed by atoms with van der Waals surface area (Å²) in [5, 5.41) is 8.91. The third-order valence-electron chi connectivity index (χ3n) is 7.53. The van der Waals surface area contributed by atoms with Gasteiger partial charge >= 0.3 is 6.18 Å². The SMILES string of the molecule is CNC(=O)C1c2nc(C3CCC(NC(C)=O)CC3)nc(-c3cc(C(F)(F)F)ccc3OC3CC3)c2NC1C. The highest BCUT2D eigenvalue weighted by Gasteiger charge is 2.41. The van der Waals surface area contributed by atoms with Crippen LogP contribution in [0.3, 0.4) is 0 Å². The first-order valence-corrected chi connectivity index (χ1v) is 13.1. The molecule has 3 aliphatic rings. The fraction of sp³-hybridized carbons (Fsp3) is 0.556. The molecule has 2 saturated carbocycles. The van der Waals surface area contributed by atoms with Crippen LogP contribution in [0.25, 0.3) is 11.3 Å². The maximum atomic E-state index is 13.8. The molecule has 8 nitrogen and oxygen atoms in total. The maximum absolute atomic E-state index is 13.8. The fourth-order valence-electron chi connectivity index (χ4n) is 5.44. The number of amides is 2. The van der Waals surface area contributed by atoms with Gasteiger partial charge in [-0.15, -0.1) is 0 Å². The highest BCUT2D eigenvalue weighted by Crippen LogP contribution is 2.47. The third kappa shape index (κ3) is 5.28. The van der Waals surface area contributed by atoms with Gasteiger partial charge in [0.1, 0.15) is 23.2 Å². The minimum Gasteiger partial charge on any atom is -0.490 e. The van der Waals surface area contributed by atoms with E-state index in [0.717, 1.165) is 37.8 Å². The van der Waals surface area contributed by atoms with Crippen LogP contribution in [0.4, 0.5) is 18.9 Å². The zero-order valence-corrected chi connectivity index (χ0v) is 21.6. The van der Waals surface area contributed by atoms with Gasteiger partial charge in [-0.05, 0) is 63.6 Å². The van der Waals surface area contributed by atoms with Gasteiger partial charge in [0.15, 0.2) is 0 Å². The van der Waals surface area contributed by atoms with Gasteiger partial charge in [-0.2, -0.15) is 13.2 Å². The number of likely N-dealkylation sites (N-methyl/N-ethyl adjacent to an activating group) is 1. The minimum absolute atomic E-state index is 0.0330. The summed E-state index contributed by atoms with van der Waals surface area (Å²) in [5.41, 5.74) is 0.691. The van der Waals surface area contributed by atoms with E-state index in [1.165, 1.54) is 13.0 Å². The standard InChI is InChI=1S/C27H32F3N5O3/c1-13-21(26(37)31-3)23-24(32-13)22(34-25(35-23)15-4-7-17(8-5-15)33-14(2)36)19-12-16(27(28,29)30)6-11-20(19)38-18-9-10-18/h6,11-13,15,17-18,21,32H,4-5,7-10H2,1-3H3,(H,31,37)(H,33,36). The highest BCUT2D eigenvalue weighted by molar-refractivity contribution is 5.92. The van der Waals surface area contributed by atoms with E-state index in [2.05, 4.69) is 16.0 Å². The van der Waals surface area contributed by atoms with Crippen molar-refractivity contribution < 1.29 is 27.5 Å². The average molecular weight is 532 g/mol. The Kier molecular flexibility index (Phi) is 6.96. The molecule has 1 aliphatic heterocycles. The molecule has 0 bridgehead atoms. The van der Waals surface area contributed by atoms with Gasteiger partial charge in [0.25, 0.3) is 0 Å². The minimum atomic E-state index is -4.54. The van der Waals surface area contributed by atoms with Crippen molar-refractivity contribution in [1.29, 1.82) is 0 Å². The first-order valence-electron chi connectivity index (χ1n) is 13.1. The lowest BCUT2D eigenvalue weighted by Crippen LogP contribution is -2.36. The number of ether oxygens (including phenoxy) is 1. The maximum Gasteiger partial charge on any atom is 0.416 e. The Morgan fingerprint density at radius 1 is 1.08 bits per heavy atom. The molecule has 0 spiro atoms. The van der Waals surface area contributed by atoms with Crippen molar-refractivity contribution in [2.24, 2.45) is 0 Å². The first-order chi connectivity index (χ1) is 18.0. The van der Waals surface area contributed by atoms with Gasteiger partial charge in [0.05, 0.1) is 23.0 Å². The van der Waals surface area contributed by atoms with Crippen LogP contribution in [-0.4, -0.2) is 47.0 Å². The highest BCUT2D eigenvalue weighted by atomic mass is 19.4. The second kappa shape index (κ2) is 10.1. The van der Waals surface area contributed by atoms with Crippen LogP contribution in [0.15, 0.2) is 18.2 Å². The molecule has 2 amide bonds. The van der Waals surface area contributed by atoms with Crippen molar-refractivity contribution in [1.82, 2.24) is 20.6 Å². The summed E-state index contributed by atoms with van der Waals surface area (Å²) in [6.45, 7) is 3.34. The number of carbonyl (C=O) groups is 2. The van der Waals surface area contributed by atoms with E-state index in [9.17, 15) is 22.8 Å². The number of rotatable bonds is 6. The predicted molar refractivity (Wildman–Crippen MR) is 135 cm³/mol. The molecule has 2 heterocycles. The quantitative estimate of drug-likeness (QED) is 0.507. The van der Waals surface area contributed by atoms with Gasteiger partial charge in [-0.25, -0.2) is 9.97 Å². The van der Waals surface area contributed by atoms with Crippen LogP contribution >= 0.6 is 0 Å². The molecule has 0 saturated heterocycles. The summed E-state index contributed by atoms with van der Waals surface area (Å²) < 4.78 is 47.3. The Hall–Kier alpha value is -3.37. The number of nitrogens with one attached hydrogen (secondary N) is 3. The van der Waals surface area contributed by atoms with Crippen molar-refractivity contribution in [3.8, 4) is 17.0 Å². The number of anilines is 1. The number of nitrogens with zero attached hydrogens (tertiary/aromatic N) is 2. The molecular weight excluding hydrogens is 499 g/mol. The largest absolute Gasteiger partial charge is 0.490 e. The number of carbonyl (C=O) groups excluding carboxylic acids is 2. The van der Waals surface area contributed by atoms with E-state index in [-0.39, 0.29) is 41.5 Å². The van der Waals surface area contributed by atoms with Crippen LogP contribution in [0.5, 0.6) is 5.75 Å². The molecular formula is C27H32F3N5O3. The lowest BCUT2D eigenvalue weighted by atomic mass is 9.85. The summed E-state index contributed by atoms with van der Waals surface area (Å²) in [6.07, 6.45) is 0.0301. The number of fused-ring (bicyclic) bond motifs is 1. The molecule has 5 rings (SSSR count). The number of halogens is 3. The summed E-state index contributed by atoms with van der Waals surface area (Å²) in [7, 11) is 1.55. The number of alkyl halides is 3. The van der Waals surface area contributed by atoms with Crippen molar-refractivity contribution in [2.75, 3.05) is 12.4 Å². The smallest absolute Gasteiger partial charge is 0.416 e. The summed E-state index contributed by atoms with van der Waals surface area (Å²) in [4.78, 5) is 34.0. The summed E-state index contributed by atoms with van der Waals surface area (Å²) in [6, 6.07) is 3.20. The van der Waals surface area contributed by atoms with Crippen LogP contribution in [0, 0.1) is 0 Å². The van der Waals surface area contributed by atoms with Crippen LogP contribution in [-0.2, 0) is 15.8 Å². The van der Waals surface area contributed by atoms with Gasteiger partial charge in [0, 0.05) is 37.5 Å². The van der Waals surface area contributed by atoms with Gasteiger partial charge in [0.2, 0.25) is 11.8 Å². The number of benzene rings is 1. The Labute approximate surface area is 219 Å². The lowest BCUT2D eigenvalue weighted by Gasteiger charge is -2.28. The summed E-state index contributed by atoms with van der Waals surface area (Å²) >= 11 is 0. The van der Waals surface area contributed by atoms with Crippen LogP contribution < -0.4 is 20.7 Å². The molecule has 2 aliphatic carbocycles. The molecule has 0 radical (unpaired) electrons. The van der Waals surface area contributed by atoms with E-state index in [0.29, 0.717) is 41.5 Å². The van der Waals surface area contributed by atoms with E-state index < -0.39 is 17.7 Å². The van der Waals surface area contributed by atoms with Crippen molar-refractivity contribution in [3.63, 3.8) is 0 Å². The number of aromatic nitrogens is 2. The van der Waals surface area contributed by atoms with E-state index in [1.807, 2.05) is 6.92 Å². The first kappa shape index (κ1) is 26.2. The second-order valence-corrected chi connectivity index (χ2v) is 10.5. The topological polar surface area (TPSA) is 105 Å². The summed E-state index contributed by atoms with van der Waals surface area (Å²) in [5.74, 6) is -0.147. The zero-order valence-electron chi connectivity index (χ0n) is 21.6. The van der Waals surface area contributed by atoms with E-state index in [4.69, 9.17) is 14.7 Å². The van der Waals surface area contributed by atoms with Crippen molar-refractivity contribution >= 4 is 17.5 Å². The molecule has 1 aromatic heterocycles. The molecule has 2 atom stereocenters. The van der Waals surface area contributed by atoms with Crippen LogP contribution in [0.2, 0.25) is 0 Å². The molecule has 2 aromatic rings. The Morgan fingerprint density at radius 2 is 1.79 bits per heavy atom. The third-order valence-corrected chi connectivity index (χ3v) is 7.53. The van der Waals surface area contributed by atoms with E-state index >= 15 is 0 Å². The average Bonchev–Trinajstić information content (AvgIpc) is 3.62. The number of hydrogen-bond donors (Lipinski definition) is 3. The Balaban J connectivity index is 1.62. The molecule has 11 heteroatoms. The van der Waals surface area contributed by atoms with E-state index in [1.54, 1.807) is 7.05 Å². The van der Waals surface area contributed by atoms with Crippen LogP contribution in [0.1, 0.15) is 81.3 Å². The lowest BCUT2D eigenvalue weighted by molar-refractivity contribution is -0.137. The molecule has 2 fully saturated rings. The van der Waals surface area contributed by atoms with Gasteiger partial charge < -0.3 is 20.7 Å². The van der Waals surface area contributed by atoms with Gasteiger partial charge in [-0.3, -0.25) is 9.59 Å². The van der Waals surface area contributed by atoms with Gasteiger partial charge in [-0.1, -0.05) is 0 Å². The normalized spacial score (nSPS) is 24.8. The predicted octanol–water partition coefficient (Wildman–Crippen LogP) is 4.51. The fourth-order valence-corrected chi connectivity index (χ4v) is 5.44. The molecule has 204 valence electrons.